The van der Waals surface area contributed by atoms with E-state index in [2.05, 4.69) is 35.1 Å². The lowest BCUT2D eigenvalue weighted by molar-refractivity contribution is 0.288. The molecule has 2 aromatic heterocycles. The van der Waals surface area contributed by atoms with Gasteiger partial charge in [-0.15, -0.1) is 0 Å². The molecule has 2 aromatic rings. The smallest absolute Gasteiger partial charge is 0.250 e. The zero-order valence-corrected chi connectivity index (χ0v) is 14.7. The molecule has 1 saturated heterocycles. The predicted octanol–water partition coefficient (Wildman–Crippen LogP) is 0.787. The molecule has 0 saturated carbocycles. The summed E-state index contributed by atoms with van der Waals surface area (Å²) in [6, 6.07) is 4.66. The molecule has 1 aliphatic rings. The van der Waals surface area contributed by atoms with Crippen molar-refractivity contribution in [3.8, 4) is 5.88 Å². The second-order valence-corrected chi connectivity index (χ2v) is 5.64. The SMILES string of the molecule is CN=C(NCCOc1ncccc1F)N1CCN(c2ncccn2)CC1. The van der Waals surface area contributed by atoms with Gasteiger partial charge in [0.25, 0.3) is 0 Å². The number of piperazine rings is 1. The molecule has 1 N–H and O–H groups in total. The number of nitrogens with zero attached hydrogens (tertiary/aromatic N) is 6. The van der Waals surface area contributed by atoms with Crippen LogP contribution in [-0.4, -0.2) is 72.2 Å². The third-order valence-electron chi connectivity index (χ3n) is 3.97. The van der Waals surface area contributed by atoms with Gasteiger partial charge in [-0.05, 0) is 18.2 Å². The van der Waals surface area contributed by atoms with Gasteiger partial charge >= 0.3 is 0 Å². The van der Waals surface area contributed by atoms with E-state index in [1.165, 1.54) is 18.3 Å². The third kappa shape index (κ3) is 4.56. The molecule has 9 heteroatoms. The summed E-state index contributed by atoms with van der Waals surface area (Å²) in [7, 11) is 1.74. The van der Waals surface area contributed by atoms with Gasteiger partial charge in [-0.25, -0.2) is 19.3 Å². The van der Waals surface area contributed by atoms with Crippen LogP contribution in [0.25, 0.3) is 0 Å². The quantitative estimate of drug-likeness (QED) is 0.480. The van der Waals surface area contributed by atoms with Crippen molar-refractivity contribution in [3.63, 3.8) is 0 Å². The summed E-state index contributed by atoms with van der Waals surface area (Å²) in [4.78, 5) is 21.1. The summed E-state index contributed by atoms with van der Waals surface area (Å²) in [5, 5.41) is 3.23. The molecule has 0 atom stereocenters. The first-order valence-corrected chi connectivity index (χ1v) is 8.49. The van der Waals surface area contributed by atoms with Crippen LogP contribution in [0.2, 0.25) is 0 Å². The normalized spacial score (nSPS) is 15.1. The Balaban J connectivity index is 1.43. The standard InChI is InChI=1S/C17H22FN7O/c1-19-16(23-8-13-26-15-14(18)4-2-5-20-15)24-9-11-25(12-10-24)17-21-6-3-7-22-17/h2-7H,8-13H2,1H3,(H,19,23). The molecular weight excluding hydrogens is 337 g/mol. The maximum absolute atomic E-state index is 13.5. The van der Waals surface area contributed by atoms with Crippen LogP contribution in [0.1, 0.15) is 0 Å². The molecule has 1 fully saturated rings. The van der Waals surface area contributed by atoms with Crippen molar-refractivity contribution in [1.29, 1.82) is 0 Å². The Labute approximate surface area is 151 Å². The van der Waals surface area contributed by atoms with Crippen molar-refractivity contribution in [3.05, 3.63) is 42.6 Å². The maximum atomic E-state index is 13.5. The number of halogens is 1. The van der Waals surface area contributed by atoms with E-state index in [-0.39, 0.29) is 5.88 Å². The van der Waals surface area contributed by atoms with Gasteiger partial charge in [0, 0.05) is 51.8 Å². The minimum Gasteiger partial charge on any atom is -0.474 e. The Morgan fingerprint density at radius 2 is 1.88 bits per heavy atom. The number of nitrogens with one attached hydrogen (secondary N) is 1. The fourth-order valence-electron chi connectivity index (χ4n) is 2.69. The van der Waals surface area contributed by atoms with E-state index in [1.54, 1.807) is 19.4 Å². The number of hydrogen-bond donors (Lipinski definition) is 1. The number of anilines is 1. The molecule has 0 unspecified atom stereocenters. The number of ether oxygens (including phenoxy) is 1. The molecule has 0 radical (unpaired) electrons. The van der Waals surface area contributed by atoms with Crippen LogP contribution in [0.3, 0.4) is 0 Å². The summed E-state index contributed by atoms with van der Waals surface area (Å²) in [5.41, 5.74) is 0. The molecule has 0 spiro atoms. The molecule has 26 heavy (non-hydrogen) atoms. The predicted molar refractivity (Wildman–Crippen MR) is 96.9 cm³/mol. The van der Waals surface area contributed by atoms with Crippen molar-refractivity contribution >= 4 is 11.9 Å². The van der Waals surface area contributed by atoms with E-state index in [4.69, 9.17) is 4.74 Å². The lowest BCUT2D eigenvalue weighted by atomic mass is 10.3. The van der Waals surface area contributed by atoms with E-state index >= 15 is 0 Å². The van der Waals surface area contributed by atoms with Crippen LogP contribution in [0.5, 0.6) is 5.88 Å². The zero-order valence-electron chi connectivity index (χ0n) is 14.7. The summed E-state index contributed by atoms with van der Waals surface area (Å²) >= 11 is 0. The number of guanidine groups is 1. The highest BCUT2D eigenvalue weighted by Gasteiger charge is 2.20. The van der Waals surface area contributed by atoms with Gasteiger partial charge in [0.2, 0.25) is 11.8 Å². The second-order valence-electron chi connectivity index (χ2n) is 5.64. The maximum Gasteiger partial charge on any atom is 0.250 e. The number of pyridine rings is 1. The van der Waals surface area contributed by atoms with E-state index in [0.29, 0.717) is 13.2 Å². The molecular formula is C17H22FN7O. The number of aromatic nitrogens is 3. The fourth-order valence-corrected chi connectivity index (χ4v) is 2.69. The molecule has 1 aliphatic heterocycles. The van der Waals surface area contributed by atoms with Gasteiger partial charge in [0.1, 0.15) is 6.61 Å². The van der Waals surface area contributed by atoms with Crippen LogP contribution in [0.15, 0.2) is 41.8 Å². The van der Waals surface area contributed by atoms with Gasteiger partial charge < -0.3 is 19.9 Å². The first kappa shape index (κ1) is 17.8. The molecule has 3 rings (SSSR count). The summed E-state index contributed by atoms with van der Waals surface area (Å²) in [5.74, 6) is 1.10. The topological polar surface area (TPSA) is 78.8 Å². The molecule has 0 aliphatic carbocycles. The molecule has 8 nitrogen and oxygen atoms in total. The molecule has 0 aromatic carbocycles. The fraction of sp³-hybridized carbons (Fsp3) is 0.412. The van der Waals surface area contributed by atoms with Gasteiger partial charge in [-0.3, -0.25) is 4.99 Å². The van der Waals surface area contributed by atoms with Gasteiger partial charge in [-0.1, -0.05) is 0 Å². The molecule has 0 bridgehead atoms. The van der Waals surface area contributed by atoms with Crippen LogP contribution < -0.4 is 15.0 Å². The van der Waals surface area contributed by atoms with Crippen molar-refractivity contribution in [2.24, 2.45) is 4.99 Å². The van der Waals surface area contributed by atoms with Crippen molar-refractivity contribution in [2.45, 2.75) is 0 Å². The number of aliphatic imine (C=N–C) groups is 1. The van der Waals surface area contributed by atoms with Crippen LogP contribution >= 0.6 is 0 Å². The van der Waals surface area contributed by atoms with E-state index < -0.39 is 5.82 Å². The Morgan fingerprint density at radius 1 is 1.15 bits per heavy atom. The summed E-state index contributed by atoms with van der Waals surface area (Å²) in [6.07, 6.45) is 5.00. The number of hydrogen-bond acceptors (Lipinski definition) is 6. The summed E-state index contributed by atoms with van der Waals surface area (Å²) in [6.45, 7) is 4.07. The highest BCUT2D eigenvalue weighted by atomic mass is 19.1. The highest BCUT2D eigenvalue weighted by molar-refractivity contribution is 5.80. The van der Waals surface area contributed by atoms with Gasteiger partial charge in [0.15, 0.2) is 11.8 Å². The van der Waals surface area contributed by atoms with Gasteiger partial charge in [0.05, 0.1) is 6.54 Å². The van der Waals surface area contributed by atoms with Crippen molar-refractivity contribution in [2.75, 3.05) is 51.3 Å². The molecule has 0 amide bonds. The number of rotatable bonds is 5. The van der Waals surface area contributed by atoms with E-state index in [9.17, 15) is 4.39 Å². The first-order valence-electron chi connectivity index (χ1n) is 8.49. The van der Waals surface area contributed by atoms with Crippen molar-refractivity contribution in [1.82, 2.24) is 25.2 Å². The van der Waals surface area contributed by atoms with Gasteiger partial charge in [-0.2, -0.15) is 0 Å². The Bertz CT molecular complexity index is 720. The average molecular weight is 359 g/mol. The Hall–Kier alpha value is -2.97. The Kier molecular flexibility index (Phi) is 6.13. The van der Waals surface area contributed by atoms with Crippen LogP contribution in [0, 0.1) is 5.82 Å². The lowest BCUT2D eigenvalue weighted by Gasteiger charge is -2.36. The summed E-state index contributed by atoms with van der Waals surface area (Å²) < 4.78 is 18.8. The minimum atomic E-state index is -0.462. The first-order chi connectivity index (χ1) is 12.8. The largest absolute Gasteiger partial charge is 0.474 e. The minimum absolute atomic E-state index is 0.0146. The highest BCUT2D eigenvalue weighted by Crippen LogP contribution is 2.11. The Morgan fingerprint density at radius 3 is 2.58 bits per heavy atom. The third-order valence-corrected chi connectivity index (χ3v) is 3.97. The van der Waals surface area contributed by atoms with Crippen LogP contribution in [-0.2, 0) is 0 Å². The molecule has 3 heterocycles. The lowest BCUT2D eigenvalue weighted by Crippen LogP contribution is -2.53. The molecule has 138 valence electrons. The van der Waals surface area contributed by atoms with E-state index in [1.807, 2.05) is 6.07 Å². The second kappa shape index (κ2) is 8.93. The average Bonchev–Trinajstić information content (AvgIpc) is 2.70. The zero-order chi connectivity index (χ0) is 18.2. The van der Waals surface area contributed by atoms with Crippen LogP contribution in [0.4, 0.5) is 10.3 Å². The van der Waals surface area contributed by atoms with E-state index in [0.717, 1.165) is 38.1 Å². The van der Waals surface area contributed by atoms with Crippen molar-refractivity contribution < 1.29 is 9.13 Å². The monoisotopic (exact) mass is 359 g/mol.